The summed E-state index contributed by atoms with van der Waals surface area (Å²) >= 11 is 0. The number of amides is 1. The summed E-state index contributed by atoms with van der Waals surface area (Å²) in [7, 11) is 1.56. The zero-order valence-corrected chi connectivity index (χ0v) is 61.7. The molecule has 0 aromatic carbocycles. The Bertz CT molecular complexity index is 1810. The molecule has 3 atom stereocenters. The van der Waals surface area contributed by atoms with Gasteiger partial charge >= 0.3 is 7.82 Å². The number of phosphoric ester groups is 1. The largest absolute Gasteiger partial charge is 0.472 e. The molecule has 3 unspecified atom stereocenters. The lowest BCUT2D eigenvalue weighted by molar-refractivity contribution is -0.870. The summed E-state index contributed by atoms with van der Waals surface area (Å²) in [5.74, 6) is -0.186. The van der Waals surface area contributed by atoms with E-state index in [-0.39, 0.29) is 19.1 Å². The number of unbranched alkanes of at least 4 members (excludes halogenated alkanes) is 45. The van der Waals surface area contributed by atoms with Crippen molar-refractivity contribution in [3.05, 3.63) is 97.2 Å². The third-order valence-electron chi connectivity index (χ3n) is 17.5. The molecule has 0 radical (unpaired) electrons. The molecule has 0 aliphatic rings. The second kappa shape index (κ2) is 71.7. The number of likely N-dealkylation sites (N-methyl/N-ethyl adjacent to an activating group) is 1. The molecule has 0 aliphatic carbocycles. The number of hydrogen-bond acceptors (Lipinski definition) is 5. The van der Waals surface area contributed by atoms with E-state index in [9.17, 15) is 19.4 Å². The second-order valence-electron chi connectivity index (χ2n) is 27.7. The normalized spacial score (nSPS) is 14.1. The summed E-state index contributed by atoms with van der Waals surface area (Å²) in [6.07, 6.45) is 105. The Hall–Kier alpha value is -2.58. The van der Waals surface area contributed by atoms with Gasteiger partial charge in [-0.25, -0.2) is 4.57 Å². The van der Waals surface area contributed by atoms with Gasteiger partial charge in [-0.3, -0.25) is 13.8 Å². The van der Waals surface area contributed by atoms with E-state index in [0.29, 0.717) is 17.4 Å². The first-order valence-electron chi connectivity index (χ1n) is 39.1. The minimum absolute atomic E-state index is 0.0527. The Morgan fingerprint density at radius 1 is 0.385 bits per heavy atom. The van der Waals surface area contributed by atoms with Crippen LogP contribution in [-0.2, 0) is 18.4 Å². The first-order chi connectivity index (χ1) is 44.5. The van der Waals surface area contributed by atoms with Crippen LogP contribution in [0, 0.1) is 0 Å². The van der Waals surface area contributed by atoms with Crippen molar-refractivity contribution in [3.8, 4) is 0 Å². The molecule has 1 amide bonds. The predicted molar refractivity (Wildman–Crippen MR) is 401 cm³/mol. The van der Waals surface area contributed by atoms with Gasteiger partial charge in [0.2, 0.25) is 5.91 Å². The first kappa shape index (κ1) is 88.4. The van der Waals surface area contributed by atoms with Crippen molar-refractivity contribution in [1.29, 1.82) is 0 Å². The Morgan fingerprint density at radius 3 is 1.01 bits per heavy atom. The van der Waals surface area contributed by atoms with Crippen molar-refractivity contribution in [2.75, 3.05) is 40.9 Å². The molecule has 0 saturated carbocycles. The molecule has 0 saturated heterocycles. The van der Waals surface area contributed by atoms with Crippen LogP contribution in [0.1, 0.15) is 367 Å². The number of aliphatic hydroxyl groups excluding tert-OH is 1. The van der Waals surface area contributed by atoms with E-state index in [4.69, 9.17) is 9.05 Å². The smallest absolute Gasteiger partial charge is 0.387 e. The lowest BCUT2D eigenvalue weighted by Crippen LogP contribution is -2.45. The Kier molecular flexibility index (Phi) is 69.7. The average Bonchev–Trinajstić information content (AvgIpc) is 3.59. The molecule has 0 aliphatic heterocycles. The summed E-state index contributed by atoms with van der Waals surface area (Å²) in [4.78, 5) is 23.5. The van der Waals surface area contributed by atoms with Crippen LogP contribution in [0.25, 0.3) is 0 Å². The number of phosphoric acid groups is 1. The fraction of sp³-hybridized carbons (Fsp3) is 0.793. The highest BCUT2D eigenvalue weighted by atomic mass is 31.2. The molecular weight excluding hydrogens is 1140 g/mol. The van der Waals surface area contributed by atoms with E-state index in [0.717, 1.165) is 77.0 Å². The Balaban J connectivity index is 3.99. The van der Waals surface area contributed by atoms with Gasteiger partial charge in [0.15, 0.2) is 0 Å². The molecule has 0 spiro atoms. The number of carbonyl (C=O) groups is 1. The zero-order chi connectivity index (χ0) is 66.2. The number of quaternary nitrogens is 1. The van der Waals surface area contributed by atoms with Gasteiger partial charge in [0, 0.05) is 6.42 Å². The summed E-state index contributed by atoms with van der Waals surface area (Å²) in [6.45, 7) is 4.72. The third-order valence-corrected chi connectivity index (χ3v) is 18.5. The molecule has 0 heterocycles. The summed E-state index contributed by atoms with van der Waals surface area (Å²) < 4.78 is 23.8. The van der Waals surface area contributed by atoms with Gasteiger partial charge in [-0.2, -0.15) is 0 Å². The Labute approximate surface area is 566 Å². The molecule has 0 aromatic rings. The van der Waals surface area contributed by atoms with Gasteiger partial charge in [0.05, 0.1) is 39.9 Å². The minimum Gasteiger partial charge on any atom is -0.387 e. The van der Waals surface area contributed by atoms with Gasteiger partial charge in [-0.05, 0) is 89.9 Å². The molecule has 0 rings (SSSR count). The van der Waals surface area contributed by atoms with Crippen LogP contribution >= 0.6 is 7.82 Å². The van der Waals surface area contributed by atoms with E-state index in [1.54, 1.807) is 6.08 Å². The van der Waals surface area contributed by atoms with Gasteiger partial charge < -0.3 is 19.8 Å². The van der Waals surface area contributed by atoms with E-state index < -0.39 is 20.0 Å². The maximum atomic E-state index is 13.1. The van der Waals surface area contributed by atoms with Crippen molar-refractivity contribution < 1.29 is 32.9 Å². The van der Waals surface area contributed by atoms with Crippen LogP contribution < -0.4 is 5.32 Å². The van der Waals surface area contributed by atoms with Crippen LogP contribution in [0.3, 0.4) is 0 Å². The van der Waals surface area contributed by atoms with Crippen molar-refractivity contribution in [2.24, 2.45) is 0 Å². The number of rotatable bonds is 72. The zero-order valence-electron chi connectivity index (χ0n) is 60.8. The monoisotopic (exact) mass is 1290 g/mol. The van der Waals surface area contributed by atoms with E-state index in [2.05, 4.69) is 104 Å². The van der Waals surface area contributed by atoms with Gasteiger partial charge in [0.1, 0.15) is 13.2 Å². The summed E-state index contributed by atoms with van der Waals surface area (Å²) in [6, 6.07) is -0.874. The maximum Gasteiger partial charge on any atom is 0.472 e. The number of aliphatic hydroxyl groups is 1. The van der Waals surface area contributed by atoms with Crippen LogP contribution in [0.2, 0.25) is 0 Å². The van der Waals surface area contributed by atoms with E-state index in [1.807, 2.05) is 27.2 Å². The van der Waals surface area contributed by atoms with Crippen molar-refractivity contribution in [1.82, 2.24) is 5.32 Å². The quantitative estimate of drug-likeness (QED) is 0.0243. The molecule has 0 aromatic heterocycles. The molecule has 8 nitrogen and oxygen atoms in total. The molecule has 91 heavy (non-hydrogen) atoms. The van der Waals surface area contributed by atoms with Crippen LogP contribution in [0.15, 0.2) is 97.2 Å². The van der Waals surface area contributed by atoms with Gasteiger partial charge in [-0.15, -0.1) is 0 Å². The number of carbonyl (C=O) groups excluding carboxylic acids is 1. The second-order valence-corrected chi connectivity index (χ2v) is 29.1. The van der Waals surface area contributed by atoms with Gasteiger partial charge in [-0.1, -0.05) is 368 Å². The Morgan fingerprint density at radius 2 is 0.670 bits per heavy atom. The molecule has 530 valence electrons. The fourth-order valence-electron chi connectivity index (χ4n) is 11.5. The minimum atomic E-state index is -4.37. The number of allylic oxidation sites excluding steroid dienone is 15. The maximum absolute atomic E-state index is 13.1. The number of hydrogen-bond donors (Lipinski definition) is 3. The third kappa shape index (κ3) is 74.7. The average molecular weight is 1290 g/mol. The molecule has 3 N–H and O–H groups in total. The first-order valence-corrected chi connectivity index (χ1v) is 40.6. The molecule has 0 fully saturated rings. The molecule has 0 bridgehead atoms. The number of nitrogens with zero attached hydrogens (tertiary/aromatic N) is 1. The van der Waals surface area contributed by atoms with Gasteiger partial charge in [0.25, 0.3) is 0 Å². The predicted octanol–water partition coefficient (Wildman–Crippen LogP) is 25.6. The molecular formula is C82H152N2O6P+. The SMILES string of the molecule is CC/C=C\C/C=C\C/C=C\C/C=C\C/C=C\CCCCCCCCCCCCCCCCCCCCCCCCCCCC(=O)NC(COP(=O)(O)OCC[N+](C)(C)C)C(O)/C=C/CC/C=C/CC/C=C/CCCCCCCCCCCCCCCCCCCC. The topological polar surface area (TPSA) is 105 Å². The fourth-order valence-corrected chi connectivity index (χ4v) is 12.3. The lowest BCUT2D eigenvalue weighted by Gasteiger charge is -2.25. The van der Waals surface area contributed by atoms with Crippen LogP contribution in [0.5, 0.6) is 0 Å². The summed E-state index contributed by atoms with van der Waals surface area (Å²) in [5.41, 5.74) is 0. The van der Waals surface area contributed by atoms with Crippen LogP contribution in [0.4, 0.5) is 0 Å². The highest BCUT2D eigenvalue weighted by Crippen LogP contribution is 2.43. The van der Waals surface area contributed by atoms with E-state index >= 15 is 0 Å². The highest BCUT2D eigenvalue weighted by molar-refractivity contribution is 7.47. The van der Waals surface area contributed by atoms with Crippen LogP contribution in [-0.4, -0.2) is 73.4 Å². The van der Waals surface area contributed by atoms with E-state index in [1.165, 1.54) is 270 Å². The van der Waals surface area contributed by atoms with Crippen molar-refractivity contribution >= 4 is 13.7 Å². The lowest BCUT2D eigenvalue weighted by atomic mass is 10.0. The van der Waals surface area contributed by atoms with Crippen molar-refractivity contribution in [2.45, 2.75) is 379 Å². The molecule has 9 heteroatoms. The number of nitrogens with one attached hydrogen (secondary N) is 1. The standard InChI is InChI=1S/C82H151N2O6P/c1-6-8-10-12-14-16-18-20-22-24-26-28-30-32-34-36-37-38-39-40-41-42-43-44-45-46-47-48-50-52-54-56-58-60-62-64-66-68-70-72-74-76-82(86)83-80(79-90-91(87,88)89-78-77-84(3,4)5)81(85)75-73-71-69-67-65-63-61-59-57-55-53-51-49-35-33-31-29-27-25-23-21-19-17-15-13-11-9-7-2/h8,10,14,16,20,22,26,28,32,34,57,59,65,67,73,75,80-81,85H,6-7,9,11-13,15,17-19,21,23-25,27,29-31,33,35-56,58,60-64,66,68-72,74,76-79H2,1-5H3,(H-,83,86,87,88)/p+1/b10-8-,16-14-,22-20-,28-26-,34-32-,59-57+,67-65+,75-73+. The van der Waals surface area contributed by atoms with Crippen molar-refractivity contribution in [3.63, 3.8) is 0 Å². The highest BCUT2D eigenvalue weighted by Gasteiger charge is 2.28. The summed E-state index contributed by atoms with van der Waals surface area (Å²) in [5, 5.41) is 14.0.